The summed E-state index contributed by atoms with van der Waals surface area (Å²) in [5.74, 6) is 1.69. The number of hydrogen-bond donors (Lipinski definition) is 0. The van der Waals surface area contributed by atoms with Crippen molar-refractivity contribution in [1.29, 1.82) is 0 Å². The van der Waals surface area contributed by atoms with Gasteiger partial charge in [-0.2, -0.15) is 0 Å². The molecule has 5 heteroatoms. The largest absolute Gasteiger partial charge is 0.486 e. The van der Waals surface area contributed by atoms with Gasteiger partial charge in [-0.05, 0) is 62.8 Å². The summed E-state index contributed by atoms with van der Waals surface area (Å²) in [6.07, 6.45) is 4.04. The molecule has 0 amide bonds. The van der Waals surface area contributed by atoms with Crippen LogP contribution in [-0.4, -0.2) is 42.8 Å². The SMILES string of the molecule is CCOC(=O)[C@]1(CC)C[C@@H]2CC[C@H]1N2Cc1cc2c(cc1C)OCCO2. The summed E-state index contributed by atoms with van der Waals surface area (Å²) in [6, 6.07) is 4.96. The highest BCUT2D eigenvalue weighted by atomic mass is 16.6. The van der Waals surface area contributed by atoms with E-state index in [4.69, 9.17) is 14.2 Å². The first-order chi connectivity index (χ1) is 12.6. The molecule has 2 fully saturated rings. The van der Waals surface area contributed by atoms with Crippen molar-refractivity contribution in [2.45, 2.75) is 65.1 Å². The molecule has 0 spiro atoms. The van der Waals surface area contributed by atoms with Crippen LogP contribution in [0.3, 0.4) is 0 Å². The number of rotatable bonds is 5. The number of carbonyl (C=O) groups excluding carboxylic acids is 1. The van der Waals surface area contributed by atoms with E-state index in [1.54, 1.807) is 0 Å². The van der Waals surface area contributed by atoms with Crippen molar-refractivity contribution >= 4 is 5.97 Å². The Hall–Kier alpha value is -1.75. The second kappa shape index (κ2) is 6.76. The molecule has 0 aromatic heterocycles. The zero-order chi connectivity index (χ0) is 18.3. The molecule has 142 valence electrons. The first kappa shape index (κ1) is 17.7. The molecule has 3 heterocycles. The van der Waals surface area contributed by atoms with Crippen LogP contribution in [-0.2, 0) is 16.1 Å². The van der Waals surface area contributed by atoms with Gasteiger partial charge in [-0.15, -0.1) is 0 Å². The molecule has 3 aliphatic rings. The van der Waals surface area contributed by atoms with Gasteiger partial charge < -0.3 is 14.2 Å². The summed E-state index contributed by atoms with van der Waals surface area (Å²) in [5, 5.41) is 0. The van der Waals surface area contributed by atoms with E-state index in [-0.39, 0.29) is 17.4 Å². The van der Waals surface area contributed by atoms with Crippen molar-refractivity contribution < 1.29 is 19.0 Å². The highest BCUT2D eigenvalue weighted by Gasteiger charge is 2.59. The third-order valence-electron chi connectivity index (χ3n) is 6.55. The minimum Gasteiger partial charge on any atom is -0.486 e. The van der Waals surface area contributed by atoms with Crippen molar-refractivity contribution in [2.75, 3.05) is 19.8 Å². The Kier molecular flexibility index (Phi) is 4.59. The van der Waals surface area contributed by atoms with Gasteiger partial charge in [-0.25, -0.2) is 0 Å². The number of hydrogen-bond acceptors (Lipinski definition) is 5. The molecule has 2 saturated heterocycles. The third kappa shape index (κ3) is 2.68. The molecule has 2 bridgehead atoms. The van der Waals surface area contributed by atoms with Gasteiger partial charge in [0.25, 0.3) is 0 Å². The lowest BCUT2D eigenvalue weighted by atomic mass is 9.72. The molecule has 1 aromatic rings. The molecular weight excluding hydrogens is 330 g/mol. The monoisotopic (exact) mass is 359 g/mol. The maximum Gasteiger partial charge on any atom is 0.313 e. The van der Waals surface area contributed by atoms with E-state index in [9.17, 15) is 4.79 Å². The number of aryl methyl sites for hydroxylation is 1. The average molecular weight is 359 g/mol. The summed E-state index contributed by atoms with van der Waals surface area (Å²) >= 11 is 0. The average Bonchev–Trinajstić information content (AvgIpc) is 3.17. The third-order valence-corrected chi connectivity index (χ3v) is 6.55. The number of esters is 1. The Balaban J connectivity index is 1.59. The predicted octanol–water partition coefficient (Wildman–Crippen LogP) is 3.46. The Morgan fingerprint density at radius 2 is 1.96 bits per heavy atom. The van der Waals surface area contributed by atoms with E-state index in [2.05, 4.69) is 30.9 Å². The second-order valence-electron chi connectivity index (χ2n) is 7.78. The Morgan fingerprint density at radius 1 is 1.23 bits per heavy atom. The Morgan fingerprint density at radius 3 is 2.65 bits per heavy atom. The van der Waals surface area contributed by atoms with Gasteiger partial charge in [-0.1, -0.05) is 6.92 Å². The second-order valence-corrected chi connectivity index (χ2v) is 7.78. The van der Waals surface area contributed by atoms with Crippen LogP contribution in [0.15, 0.2) is 12.1 Å². The summed E-state index contributed by atoms with van der Waals surface area (Å²) in [5.41, 5.74) is 2.15. The van der Waals surface area contributed by atoms with E-state index >= 15 is 0 Å². The maximum atomic E-state index is 12.8. The molecule has 26 heavy (non-hydrogen) atoms. The number of fused-ring (bicyclic) bond motifs is 3. The van der Waals surface area contributed by atoms with Crippen molar-refractivity contribution in [3.8, 4) is 11.5 Å². The quantitative estimate of drug-likeness (QED) is 0.754. The molecule has 5 nitrogen and oxygen atoms in total. The molecule has 4 rings (SSSR count). The first-order valence-electron chi connectivity index (χ1n) is 9.91. The highest BCUT2D eigenvalue weighted by molar-refractivity contribution is 5.78. The zero-order valence-electron chi connectivity index (χ0n) is 16.0. The van der Waals surface area contributed by atoms with Crippen LogP contribution >= 0.6 is 0 Å². The highest BCUT2D eigenvalue weighted by Crippen LogP contribution is 2.53. The van der Waals surface area contributed by atoms with Crippen molar-refractivity contribution in [3.05, 3.63) is 23.3 Å². The van der Waals surface area contributed by atoms with Crippen LogP contribution in [0.25, 0.3) is 0 Å². The van der Waals surface area contributed by atoms with Gasteiger partial charge in [0.2, 0.25) is 0 Å². The van der Waals surface area contributed by atoms with Crippen molar-refractivity contribution in [3.63, 3.8) is 0 Å². The normalized spacial score (nSPS) is 29.8. The molecule has 1 aromatic carbocycles. The minimum absolute atomic E-state index is 0.00130. The first-order valence-corrected chi connectivity index (χ1v) is 9.91. The fraction of sp³-hybridized carbons (Fsp3) is 0.667. The number of carbonyl (C=O) groups is 1. The lowest BCUT2D eigenvalue weighted by Crippen LogP contribution is -2.44. The summed E-state index contributed by atoms with van der Waals surface area (Å²) in [7, 11) is 0. The van der Waals surface area contributed by atoms with Gasteiger partial charge >= 0.3 is 5.97 Å². The molecule has 0 aliphatic carbocycles. The summed E-state index contributed by atoms with van der Waals surface area (Å²) in [6.45, 7) is 8.69. The van der Waals surface area contributed by atoms with Crippen molar-refractivity contribution in [1.82, 2.24) is 4.90 Å². The van der Waals surface area contributed by atoms with Crippen molar-refractivity contribution in [2.24, 2.45) is 5.41 Å². The fourth-order valence-corrected chi connectivity index (χ4v) is 5.16. The lowest BCUT2D eigenvalue weighted by molar-refractivity contribution is -0.157. The molecule has 0 radical (unpaired) electrons. The van der Waals surface area contributed by atoms with Gasteiger partial charge in [0.05, 0.1) is 12.0 Å². The number of nitrogens with zero attached hydrogens (tertiary/aromatic N) is 1. The smallest absolute Gasteiger partial charge is 0.313 e. The van der Waals surface area contributed by atoms with Crippen LogP contribution < -0.4 is 9.47 Å². The summed E-state index contributed by atoms with van der Waals surface area (Å²) < 4.78 is 16.9. The standard InChI is InChI=1S/C21H29NO4/c1-4-21(20(23)24-5-2)12-16-6-7-19(21)22(16)13-15-11-18-17(10-14(15)3)25-8-9-26-18/h10-11,16,19H,4-9,12-13H2,1-3H3/t16-,19+,21+/m0/s1. The van der Waals surface area contributed by atoms with E-state index in [0.29, 0.717) is 25.9 Å². The maximum absolute atomic E-state index is 12.8. The fourth-order valence-electron chi connectivity index (χ4n) is 5.16. The summed E-state index contributed by atoms with van der Waals surface area (Å²) in [4.78, 5) is 15.3. The van der Waals surface area contributed by atoms with Crippen LogP contribution in [0.4, 0.5) is 0 Å². The Bertz CT molecular complexity index is 703. The molecule has 0 saturated carbocycles. The Labute approximate surface area is 155 Å². The van der Waals surface area contributed by atoms with E-state index in [1.807, 2.05) is 6.92 Å². The predicted molar refractivity (Wildman–Crippen MR) is 98.5 cm³/mol. The molecular formula is C21H29NO4. The zero-order valence-corrected chi connectivity index (χ0v) is 16.0. The molecule has 3 aliphatic heterocycles. The topological polar surface area (TPSA) is 48.0 Å². The van der Waals surface area contributed by atoms with Crippen LogP contribution in [0.1, 0.15) is 50.7 Å². The van der Waals surface area contributed by atoms with Gasteiger partial charge in [0.1, 0.15) is 13.2 Å². The molecule has 3 atom stereocenters. The van der Waals surface area contributed by atoms with Crippen LogP contribution in [0.5, 0.6) is 11.5 Å². The van der Waals surface area contributed by atoms with E-state index in [0.717, 1.165) is 37.3 Å². The molecule has 0 N–H and O–H groups in total. The number of ether oxygens (including phenoxy) is 3. The lowest BCUT2D eigenvalue weighted by Gasteiger charge is -2.34. The van der Waals surface area contributed by atoms with E-state index in [1.165, 1.54) is 17.5 Å². The van der Waals surface area contributed by atoms with Gasteiger partial charge in [0, 0.05) is 18.6 Å². The van der Waals surface area contributed by atoms with Gasteiger partial charge in [0.15, 0.2) is 11.5 Å². The van der Waals surface area contributed by atoms with Gasteiger partial charge in [-0.3, -0.25) is 9.69 Å². The molecule has 0 unspecified atom stereocenters. The van der Waals surface area contributed by atoms with E-state index < -0.39 is 0 Å². The number of benzene rings is 1. The minimum atomic E-state index is -0.333. The van der Waals surface area contributed by atoms with Crippen LogP contribution in [0, 0.1) is 12.3 Å². The van der Waals surface area contributed by atoms with Crippen LogP contribution in [0.2, 0.25) is 0 Å².